The van der Waals surface area contributed by atoms with Crippen molar-refractivity contribution < 1.29 is 66.8 Å². The maximum atomic E-state index is 11.4. The van der Waals surface area contributed by atoms with Gasteiger partial charge >= 0.3 is 5.97 Å². The summed E-state index contributed by atoms with van der Waals surface area (Å²) in [5, 5.41) is 11.2. The molecule has 1 saturated heterocycles. The fourth-order valence-corrected chi connectivity index (χ4v) is 3.65. The number of nitrogens with one attached hydrogen (secondary N) is 1. The zero-order valence-electron chi connectivity index (χ0n) is 26.9. The van der Waals surface area contributed by atoms with Crippen LogP contribution in [0.5, 0.6) is 0 Å². The Kier molecular flexibility index (Phi) is 31.2. The SMILES string of the molecule is O=C(O)CCC(=O)NCCCOCCOCCOCCOCCOCCOCCOCCOCCOCCOC1CCCCO1. The van der Waals surface area contributed by atoms with E-state index in [4.69, 9.17) is 57.2 Å². The van der Waals surface area contributed by atoms with Crippen LogP contribution >= 0.6 is 0 Å². The van der Waals surface area contributed by atoms with Crippen molar-refractivity contribution in [3.8, 4) is 0 Å². The lowest BCUT2D eigenvalue weighted by atomic mass is 10.2. The Hall–Kier alpha value is -1.50. The zero-order chi connectivity index (χ0) is 32.3. The third-order valence-electron chi connectivity index (χ3n) is 6.00. The van der Waals surface area contributed by atoms with Crippen molar-refractivity contribution in [1.29, 1.82) is 0 Å². The summed E-state index contributed by atoms with van der Waals surface area (Å²) in [7, 11) is 0. The minimum absolute atomic E-state index is 0.00851. The van der Waals surface area contributed by atoms with E-state index < -0.39 is 5.97 Å². The second kappa shape index (κ2) is 33.9. The molecule has 0 bridgehead atoms. The summed E-state index contributed by atoms with van der Waals surface area (Å²) in [6.45, 7) is 10.7. The minimum atomic E-state index is -0.981. The number of carbonyl (C=O) groups is 2. The van der Waals surface area contributed by atoms with Crippen molar-refractivity contribution in [3.05, 3.63) is 0 Å². The summed E-state index contributed by atoms with van der Waals surface area (Å²) < 4.78 is 60.2. The van der Waals surface area contributed by atoms with Gasteiger partial charge in [-0.1, -0.05) is 0 Å². The van der Waals surface area contributed by atoms with E-state index in [1.807, 2.05) is 0 Å². The van der Waals surface area contributed by atoms with Gasteiger partial charge in [0.1, 0.15) is 0 Å². The van der Waals surface area contributed by atoms with E-state index in [0.717, 1.165) is 25.9 Å². The number of hydrogen-bond acceptors (Lipinski definition) is 13. The Balaban J connectivity index is 1.62. The molecule has 1 heterocycles. The fraction of sp³-hybridized carbons (Fsp3) is 0.933. The van der Waals surface area contributed by atoms with Crippen LogP contribution in [0.2, 0.25) is 0 Å². The van der Waals surface area contributed by atoms with Gasteiger partial charge in [0, 0.05) is 26.2 Å². The van der Waals surface area contributed by atoms with E-state index in [0.29, 0.717) is 138 Å². The van der Waals surface area contributed by atoms with Gasteiger partial charge in [0.25, 0.3) is 0 Å². The molecule has 0 aromatic carbocycles. The molecule has 1 amide bonds. The fourth-order valence-electron chi connectivity index (χ4n) is 3.65. The van der Waals surface area contributed by atoms with Gasteiger partial charge < -0.3 is 62.5 Å². The van der Waals surface area contributed by atoms with Gasteiger partial charge in [-0.3, -0.25) is 9.59 Å². The molecule has 1 aliphatic heterocycles. The van der Waals surface area contributed by atoms with E-state index in [9.17, 15) is 9.59 Å². The predicted octanol–water partition coefficient (Wildman–Crippen LogP) is 1.05. The highest BCUT2D eigenvalue weighted by molar-refractivity contribution is 5.80. The number of aliphatic carboxylic acids is 1. The van der Waals surface area contributed by atoms with Crippen LogP contribution in [0.1, 0.15) is 38.5 Å². The van der Waals surface area contributed by atoms with E-state index in [2.05, 4.69) is 5.32 Å². The first-order valence-corrected chi connectivity index (χ1v) is 16.1. The molecule has 1 rings (SSSR count). The molecule has 1 aliphatic rings. The molecular formula is C30H57NO14. The van der Waals surface area contributed by atoms with Crippen molar-refractivity contribution in [3.63, 3.8) is 0 Å². The summed E-state index contributed by atoms with van der Waals surface area (Å²) >= 11 is 0. The maximum absolute atomic E-state index is 11.4. The number of carbonyl (C=O) groups excluding carboxylic acids is 1. The molecule has 0 spiro atoms. The van der Waals surface area contributed by atoms with Crippen LogP contribution in [0.4, 0.5) is 0 Å². The van der Waals surface area contributed by atoms with Crippen LogP contribution in [-0.2, 0) is 61.7 Å². The van der Waals surface area contributed by atoms with Crippen LogP contribution in [0.3, 0.4) is 0 Å². The smallest absolute Gasteiger partial charge is 0.303 e. The lowest BCUT2D eigenvalue weighted by Crippen LogP contribution is -2.25. The highest BCUT2D eigenvalue weighted by Gasteiger charge is 2.13. The lowest BCUT2D eigenvalue weighted by Gasteiger charge is -2.22. The molecule has 0 aromatic rings. The molecule has 0 aromatic heterocycles. The van der Waals surface area contributed by atoms with E-state index in [1.165, 1.54) is 0 Å². The van der Waals surface area contributed by atoms with E-state index in [-0.39, 0.29) is 25.0 Å². The van der Waals surface area contributed by atoms with Crippen LogP contribution in [0, 0.1) is 0 Å². The number of rotatable bonds is 35. The van der Waals surface area contributed by atoms with Gasteiger partial charge in [0.05, 0.1) is 125 Å². The summed E-state index contributed by atoms with van der Waals surface area (Å²) in [4.78, 5) is 21.7. The number of hydrogen-bond donors (Lipinski definition) is 2. The summed E-state index contributed by atoms with van der Waals surface area (Å²) in [5.74, 6) is -1.25. The molecule has 2 N–H and O–H groups in total. The first-order chi connectivity index (χ1) is 22.2. The van der Waals surface area contributed by atoms with Gasteiger partial charge in [-0.25, -0.2) is 0 Å². The molecule has 0 saturated carbocycles. The Bertz CT molecular complexity index is 654. The normalized spacial score (nSPS) is 15.0. The number of ether oxygens (including phenoxy) is 11. The van der Waals surface area contributed by atoms with E-state index in [1.54, 1.807) is 0 Å². The predicted molar refractivity (Wildman–Crippen MR) is 161 cm³/mol. The van der Waals surface area contributed by atoms with Crippen LogP contribution < -0.4 is 5.32 Å². The Morgan fingerprint density at radius 2 is 0.956 bits per heavy atom. The molecule has 1 atom stereocenters. The van der Waals surface area contributed by atoms with E-state index >= 15 is 0 Å². The minimum Gasteiger partial charge on any atom is -0.481 e. The highest BCUT2D eigenvalue weighted by Crippen LogP contribution is 2.13. The first kappa shape index (κ1) is 41.5. The van der Waals surface area contributed by atoms with Gasteiger partial charge in [-0.2, -0.15) is 0 Å². The highest BCUT2D eigenvalue weighted by atomic mass is 16.7. The van der Waals surface area contributed by atoms with Crippen LogP contribution in [-0.4, -0.2) is 162 Å². The van der Waals surface area contributed by atoms with Gasteiger partial charge in [0.15, 0.2) is 6.29 Å². The standard InChI is InChI=1S/C30H57NO14/c32-28(5-6-29(33)34)31-7-3-8-35-10-11-36-12-13-37-14-15-38-16-17-39-18-19-40-20-21-41-22-23-42-24-25-43-26-27-45-30-4-1-2-9-44-30/h30H,1-27H2,(H,31,32)(H,33,34). The van der Waals surface area contributed by atoms with Crippen LogP contribution in [0.25, 0.3) is 0 Å². The molecule has 0 aliphatic carbocycles. The Labute approximate surface area is 267 Å². The molecular weight excluding hydrogens is 598 g/mol. The largest absolute Gasteiger partial charge is 0.481 e. The van der Waals surface area contributed by atoms with Gasteiger partial charge in [0.2, 0.25) is 5.91 Å². The molecule has 15 heteroatoms. The molecule has 266 valence electrons. The molecule has 1 unspecified atom stereocenters. The summed E-state index contributed by atoms with van der Waals surface area (Å²) in [6.07, 6.45) is 3.65. The Morgan fingerprint density at radius 3 is 1.33 bits per heavy atom. The molecule has 0 radical (unpaired) electrons. The van der Waals surface area contributed by atoms with Crippen molar-refractivity contribution in [2.75, 3.05) is 139 Å². The maximum Gasteiger partial charge on any atom is 0.303 e. The molecule has 15 nitrogen and oxygen atoms in total. The number of carboxylic acids is 1. The first-order valence-electron chi connectivity index (χ1n) is 16.1. The summed E-state index contributed by atoms with van der Waals surface area (Å²) in [5.41, 5.74) is 0. The zero-order valence-corrected chi connectivity index (χ0v) is 26.9. The van der Waals surface area contributed by atoms with Crippen molar-refractivity contribution >= 4 is 11.9 Å². The average molecular weight is 656 g/mol. The van der Waals surface area contributed by atoms with Crippen LogP contribution in [0.15, 0.2) is 0 Å². The van der Waals surface area contributed by atoms with Crippen molar-refractivity contribution in [2.45, 2.75) is 44.8 Å². The van der Waals surface area contributed by atoms with Gasteiger partial charge in [-0.05, 0) is 25.7 Å². The third-order valence-corrected chi connectivity index (χ3v) is 6.00. The summed E-state index contributed by atoms with van der Waals surface area (Å²) in [6, 6.07) is 0. The number of carboxylic acid groups (broad SMARTS) is 1. The molecule has 1 fully saturated rings. The van der Waals surface area contributed by atoms with Crippen molar-refractivity contribution in [2.24, 2.45) is 0 Å². The molecule has 45 heavy (non-hydrogen) atoms. The topological polar surface area (TPSA) is 168 Å². The quantitative estimate of drug-likeness (QED) is 0.0930. The second-order valence-corrected chi connectivity index (χ2v) is 9.78. The average Bonchev–Trinajstić information content (AvgIpc) is 3.04. The second-order valence-electron chi connectivity index (χ2n) is 9.78. The van der Waals surface area contributed by atoms with Crippen molar-refractivity contribution in [1.82, 2.24) is 5.32 Å². The third kappa shape index (κ3) is 32.2. The van der Waals surface area contributed by atoms with Gasteiger partial charge in [-0.15, -0.1) is 0 Å². The lowest BCUT2D eigenvalue weighted by molar-refractivity contribution is -0.169. The monoisotopic (exact) mass is 655 g/mol. The Morgan fingerprint density at radius 1 is 0.556 bits per heavy atom. The number of amides is 1.